The second-order valence-corrected chi connectivity index (χ2v) is 4.19. The molecule has 0 aliphatic carbocycles. The summed E-state index contributed by atoms with van der Waals surface area (Å²) in [6.07, 6.45) is 0. The fourth-order valence-corrected chi connectivity index (χ4v) is 1.17. The Kier molecular flexibility index (Phi) is 3.89. The van der Waals surface area contributed by atoms with Gasteiger partial charge in [-0.05, 0) is 39.0 Å². The standard InChI is InChI=1S/C13H16O4/c1-9(14)13(2,3)17-11-7-5-6-10(8-11)12(15)16-4/h5-8H,1-4H3. The Hall–Kier alpha value is -1.84. The summed E-state index contributed by atoms with van der Waals surface area (Å²) < 4.78 is 10.1. The smallest absolute Gasteiger partial charge is 0.337 e. The zero-order valence-electron chi connectivity index (χ0n) is 10.4. The van der Waals surface area contributed by atoms with Crippen LogP contribution >= 0.6 is 0 Å². The summed E-state index contributed by atoms with van der Waals surface area (Å²) in [6.45, 7) is 4.82. The van der Waals surface area contributed by atoms with Gasteiger partial charge in [-0.15, -0.1) is 0 Å². The van der Waals surface area contributed by atoms with E-state index in [1.165, 1.54) is 14.0 Å². The number of esters is 1. The van der Waals surface area contributed by atoms with Gasteiger partial charge >= 0.3 is 5.97 Å². The number of hydrogen-bond acceptors (Lipinski definition) is 4. The van der Waals surface area contributed by atoms with Gasteiger partial charge in [-0.3, -0.25) is 4.79 Å². The van der Waals surface area contributed by atoms with E-state index in [0.717, 1.165) is 0 Å². The maximum absolute atomic E-state index is 11.3. The van der Waals surface area contributed by atoms with Crippen molar-refractivity contribution in [2.75, 3.05) is 7.11 Å². The number of hydrogen-bond donors (Lipinski definition) is 0. The average molecular weight is 236 g/mol. The molecule has 0 bridgehead atoms. The summed E-state index contributed by atoms with van der Waals surface area (Å²) in [5.74, 6) is -0.0508. The third kappa shape index (κ3) is 3.31. The minimum atomic E-state index is -0.908. The number of ketones is 1. The second-order valence-electron chi connectivity index (χ2n) is 4.19. The zero-order valence-corrected chi connectivity index (χ0v) is 10.4. The van der Waals surface area contributed by atoms with Crippen molar-refractivity contribution >= 4 is 11.8 Å². The molecule has 0 spiro atoms. The highest BCUT2D eigenvalue weighted by Crippen LogP contribution is 2.20. The molecule has 0 atom stereocenters. The van der Waals surface area contributed by atoms with Gasteiger partial charge in [-0.25, -0.2) is 4.79 Å². The van der Waals surface area contributed by atoms with Crippen LogP contribution in [0.2, 0.25) is 0 Å². The summed E-state index contributed by atoms with van der Waals surface area (Å²) in [5.41, 5.74) is -0.515. The highest BCUT2D eigenvalue weighted by atomic mass is 16.5. The molecule has 0 N–H and O–H groups in total. The molecule has 0 radical (unpaired) electrons. The van der Waals surface area contributed by atoms with Crippen LogP contribution in [0.5, 0.6) is 5.75 Å². The van der Waals surface area contributed by atoms with E-state index in [2.05, 4.69) is 4.74 Å². The molecule has 0 fully saturated rings. The molecular formula is C13H16O4. The fraction of sp³-hybridized carbons (Fsp3) is 0.385. The summed E-state index contributed by atoms with van der Waals surface area (Å²) in [7, 11) is 1.31. The summed E-state index contributed by atoms with van der Waals surface area (Å²) in [6, 6.07) is 6.55. The molecule has 4 heteroatoms. The minimum Gasteiger partial charge on any atom is -0.480 e. The van der Waals surface area contributed by atoms with Crippen molar-refractivity contribution in [2.45, 2.75) is 26.4 Å². The average Bonchev–Trinajstić information content (AvgIpc) is 2.27. The quantitative estimate of drug-likeness (QED) is 0.752. The van der Waals surface area contributed by atoms with Crippen molar-refractivity contribution in [3.63, 3.8) is 0 Å². The van der Waals surface area contributed by atoms with E-state index in [1.54, 1.807) is 38.1 Å². The highest BCUT2D eigenvalue weighted by molar-refractivity contribution is 5.89. The first kappa shape index (κ1) is 13.2. The Morgan fingerprint density at radius 1 is 1.24 bits per heavy atom. The normalized spacial score (nSPS) is 10.8. The lowest BCUT2D eigenvalue weighted by Crippen LogP contribution is -2.36. The molecular weight excluding hydrogens is 220 g/mol. The van der Waals surface area contributed by atoms with Gasteiger partial charge in [0.25, 0.3) is 0 Å². The molecule has 1 aromatic rings. The van der Waals surface area contributed by atoms with Crippen LogP contribution in [0.25, 0.3) is 0 Å². The highest BCUT2D eigenvalue weighted by Gasteiger charge is 2.25. The Morgan fingerprint density at radius 2 is 1.88 bits per heavy atom. The molecule has 1 aromatic carbocycles. The molecule has 4 nitrogen and oxygen atoms in total. The molecule has 0 aliphatic rings. The number of benzene rings is 1. The van der Waals surface area contributed by atoms with E-state index in [0.29, 0.717) is 11.3 Å². The van der Waals surface area contributed by atoms with Gasteiger partial charge in [0.15, 0.2) is 11.4 Å². The molecule has 1 rings (SSSR count). The molecule has 0 unspecified atom stereocenters. The van der Waals surface area contributed by atoms with Crippen LogP contribution < -0.4 is 4.74 Å². The maximum atomic E-state index is 11.3. The van der Waals surface area contributed by atoms with Gasteiger partial charge in [0.1, 0.15) is 5.75 Å². The minimum absolute atomic E-state index is 0.0824. The lowest BCUT2D eigenvalue weighted by atomic mass is 10.1. The summed E-state index contributed by atoms with van der Waals surface area (Å²) in [4.78, 5) is 22.6. The number of carbonyl (C=O) groups is 2. The van der Waals surface area contributed by atoms with Crippen molar-refractivity contribution in [3.8, 4) is 5.75 Å². The van der Waals surface area contributed by atoms with Crippen LogP contribution in [-0.4, -0.2) is 24.5 Å². The largest absolute Gasteiger partial charge is 0.480 e. The predicted molar refractivity (Wildman–Crippen MR) is 63.2 cm³/mol. The van der Waals surface area contributed by atoms with Gasteiger partial charge in [0, 0.05) is 0 Å². The molecule has 0 aliphatic heterocycles. The Morgan fingerprint density at radius 3 is 2.41 bits per heavy atom. The SMILES string of the molecule is COC(=O)c1cccc(OC(C)(C)C(C)=O)c1. The second kappa shape index (κ2) is 4.99. The summed E-state index contributed by atoms with van der Waals surface area (Å²) in [5, 5.41) is 0. The monoisotopic (exact) mass is 236 g/mol. The molecule has 0 saturated carbocycles. The van der Waals surface area contributed by atoms with Crippen molar-refractivity contribution in [2.24, 2.45) is 0 Å². The number of ether oxygens (including phenoxy) is 2. The summed E-state index contributed by atoms with van der Waals surface area (Å²) >= 11 is 0. The van der Waals surface area contributed by atoms with E-state index in [9.17, 15) is 9.59 Å². The van der Waals surface area contributed by atoms with Crippen molar-refractivity contribution in [3.05, 3.63) is 29.8 Å². The Bertz CT molecular complexity index is 435. The lowest BCUT2D eigenvalue weighted by Gasteiger charge is -2.23. The molecule has 0 aromatic heterocycles. The van der Waals surface area contributed by atoms with Gasteiger partial charge in [0.05, 0.1) is 12.7 Å². The van der Waals surface area contributed by atoms with Gasteiger partial charge in [-0.1, -0.05) is 6.07 Å². The van der Waals surface area contributed by atoms with Crippen LogP contribution in [-0.2, 0) is 9.53 Å². The lowest BCUT2D eigenvalue weighted by molar-refractivity contribution is -0.129. The first-order valence-corrected chi connectivity index (χ1v) is 5.25. The number of Topliss-reactive ketones (excluding diaryl/α,β-unsaturated/α-hetero) is 1. The molecule has 17 heavy (non-hydrogen) atoms. The van der Waals surface area contributed by atoms with Crippen LogP contribution in [0, 0.1) is 0 Å². The van der Waals surface area contributed by atoms with E-state index >= 15 is 0 Å². The van der Waals surface area contributed by atoms with E-state index in [4.69, 9.17) is 4.74 Å². The van der Waals surface area contributed by atoms with Gasteiger partial charge in [0.2, 0.25) is 0 Å². The van der Waals surface area contributed by atoms with Gasteiger partial charge < -0.3 is 9.47 Å². The van der Waals surface area contributed by atoms with Crippen molar-refractivity contribution in [1.29, 1.82) is 0 Å². The third-order valence-corrected chi connectivity index (χ3v) is 2.48. The first-order valence-electron chi connectivity index (χ1n) is 5.25. The van der Waals surface area contributed by atoms with Crippen LogP contribution in [0.4, 0.5) is 0 Å². The van der Waals surface area contributed by atoms with Crippen LogP contribution in [0.1, 0.15) is 31.1 Å². The zero-order chi connectivity index (χ0) is 13.1. The van der Waals surface area contributed by atoms with Crippen LogP contribution in [0.3, 0.4) is 0 Å². The molecule has 0 amide bonds. The predicted octanol–water partition coefficient (Wildman–Crippen LogP) is 2.22. The molecule has 0 saturated heterocycles. The van der Waals surface area contributed by atoms with Gasteiger partial charge in [-0.2, -0.15) is 0 Å². The maximum Gasteiger partial charge on any atom is 0.337 e. The van der Waals surface area contributed by atoms with Crippen molar-refractivity contribution < 1.29 is 19.1 Å². The van der Waals surface area contributed by atoms with Crippen molar-refractivity contribution in [1.82, 2.24) is 0 Å². The van der Waals surface area contributed by atoms with E-state index in [-0.39, 0.29) is 5.78 Å². The topological polar surface area (TPSA) is 52.6 Å². The number of carbonyl (C=O) groups excluding carboxylic acids is 2. The van der Waals surface area contributed by atoms with E-state index in [1.807, 2.05) is 0 Å². The third-order valence-electron chi connectivity index (χ3n) is 2.48. The van der Waals surface area contributed by atoms with Crippen LogP contribution in [0.15, 0.2) is 24.3 Å². The molecule has 92 valence electrons. The number of rotatable bonds is 4. The van der Waals surface area contributed by atoms with E-state index < -0.39 is 11.6 Å². The Balaban J connectivity index is 2.93. The first-order chi connectivity index (χ1) is 7.86. The molecule has 0 heterocycles. The number of methoxy groups -OCH3 is 1. The fourth-order valence-electron chi connectivity index (χ4n) is 1.17. The Labute approximate surface area is 101 Å².